The molecule has 2 aromatic rings. The summed E-state index contributed by atoms with van der Waals surface area (Å²) in [5, 5.41) is 0. The maximum Gasteiger partial charge on any atom is 0.289 e. The fraction of sp³-hybridized carbons (Fsp3) is 0.409. The number of sulfonamides is 1. The highest BCUT2D eigenvalue weighted by molar-refractivity contribution is 7.90. The minimum absolute atomic E-state index is 0.0879. The molecule has 0 radical (unpaired) electrons. The topological polar surface area (TPSA) is 112 Å². The highest BCUT2D eigenvalue weighted by Gasteiger charge is 2.35. The van der Waals surface area contributed by atoms with Gasteiger partial charge in [0.2, 0.25) is 5.91 Å². The highest BCUT2D eigenvalue weighted by atomic mass is 32.2. The van der Waals surface area contributed by atoms with Gasteiger partial charge in [0.05, 0.1) is 11.2 Å². The molecule has 1 saturated heterocycles. The number of furan rings is 1. The van der Waals surface area contributed by atoms with Gasteiger partial charge in [-0.25, -0.2) is 8.42 Å². The van der Waals surface area contributed by atoms with Gasteiger partial charge in [-0.15, -0.1) is 0 Å². The smallest absolute Gasteiger partial charge is 0.289 e. The molecule has 1 N–H and O–H groups in total. The van der Waals surface area contributed by atoms with E-state index in [0.29, 0.717) is 38.2 Å². The number of rotatable bonds is 5. The van der Waals surface area contributed by atoms with Crippen molar-refractivity contribution in [1.29, 1.82) is 0 Å². The summed E-state index contributed by atoms with van der Waals surface area (Å²) in [4.78, 5) is 34.0. The zero-order chi connectivity index (χ0) is 22.9. The normalized spacial score (nSPS) is 20.5. The van der Waals surface area contributed by atoms with Gasteiger partial charge in [-0.05, 0) is 30.2 Å². The van der Waals surface area contributed by atoms with E-state index in [1.54, 1.807) is 40.1 Å². The first-order valence-corrected chi connectivity index (χ1v) is 12.1. The third-order valence-electron chi connectivity index (χ3n) is 5.98. The molecule has 0 bridgehead atoms. The number of carbonyl (C=O) groups excluding carboxylic acids is 2. The van der Waals surface area contributed by atoms with Gasteiger partial charge in [0.1, 0.15) is 11.9 Å². The van der Waals surface area contributed by atoms with Crippen LogP contribution in [0.25, 0.3) is 0 Å². The van der Waals surface area contributed by atoms with Crippen molar-refractivity contribution in [2.24, 2.45) is 10.9 Å². The largest absolute Gasteiger partial charge is 0.459 e. The summed E-state index contributed by atoms with van der Waals surface area (Å²) in [5.74, 6) is 0.0279. The lowest BCUT2D eigenvalue weighted by Gasteiger charge is -2.36. The maximum atomic E-state index is 13.4. The van der Waals surface area contributed by atoms with Gasteiger partial charge in [0, 0.05) is 31.7 Å². The average molecular weight is 459 g/mol. The molecule has 2 aliphatic rings. The molecule has 170 valence electrons. The van der Waals surface area contributed by atoms with Crippen molar-refractivity contribution in [3.05, 3.63) is 54.0 Å². The molecule has 9 nitrogen and oxygen atoms in total. The quantitative estimate of drug-likeness (QED) is 0.733. The lowest BCUT2D eigenvalue weighted by Crippen LogP contribution is -2.53. The Morgan fingerprint density at radius 3 is 2.44 bits per heavy atom. The van der Waals surface area contributed by atoms with Crippen LogP contribution < -0.4 is 4.72 Å². The fourth-order valence-corrected chi connectivity index (χ4v) is 5.13. The number of carbonyl (C=O) groups is 2. The first kappa shape index (κ1) is 22.1. The standard InChI is InChI=1S/C22H26N4O5S/c1-3-15(2)19(23-20-16-7-4-5-9-18(16)32(29,30)24-20)22(28)26-12-10-25(11-13-26)21(27)17-8-6-14-31-17/h4-9,14-15,19H,3,10-13H2,1-2H3,(H,23,24)/t15-,19-/m0/s1. The predicted molar refractivity (Wildman–Crippen MR) is 118 cm³/mol. The van der Waals surface area contributed by atoms with Gasteiger partial charge >= 0.3 is 0 Å². The highest BCUT2D eigenvalue weighted by Crippen LogP contribution is 2.25. The van der Waals surface area contributed by atoms with Crippen LogP contribution in [-0.2, 0) is 14.8 Å². The van der Waals surface area contributed by atoms with Crippen LogP contribution in [0, 0.1) is 5.92 Å². The number of piperazine rings is 1. The number of nitrogens with zero attached hydrogens (tertiary/aromatic N) is 3. The van der Waals surface area contributed by atoms with Crippen LogP contribution in [0.1, 0.15) is 36.4 Å². The van der Waals surface area contributed by atoms with Gasteiger partial charge in [-0.2, -0.15) is 0 Å². The van der Waals surface area contributed by atoms with Crippen molar-refractivity contribution in [2.75, 3.05) is 26.2 Å². The van der Waals surface area contributed by atoms with Crippen molar-refractivity contribution < 1.29 is 22.4 Å². The number of aliphatic imine (C=N–C) groups is 1. The molecule has 1 aromatic heterocycles. The summed E-state index contributed by atoms with van der Waals surface area (Å²) < 4.78 is 32.5. The van der Waals surface area contributed by atoms with Gasteiger partial charge < -0.3 is 14.2 Å². The van der Waals surface area contributed by atoms with Crippen molar-refractivity contribution in [2.45, 2.75) is 31.2 Å². The molecule has 2 atom stereocenters. The zero-order valence-electron chi connectivity index (χ0n) is 18.0. The third-order valence-corrected chi connectivity index (χ3v) is 7.37. The van der Waals surface area contributed by atoms with Crippen LogP contribution >= 0.6 is 0 Å². The van der Waals surface area contributed by atoms with E-state index in [-0.39, 0.29) is 34.2 Å². The van der Waals surface area contributed by atoms with Crippen molar-refractivity contribution in [3.63, 3.8) is 0 Å². The molecule has 0 saturated carbocycles. The van der Waals surface area contributed by atoms with Crippen LogP contribution in [0.5, 0.6) is 0 Å². The van der Waals surface area contributed by atoms with E-state index in [2.05, 4.69) is 9.71 Å². The molecular formula is C22H26N4O5S. The zero-order valence-corrected chi connectivity index (χ0v) is 18.8. The monoisotopic (exact) mass is 458 g/mol. The molecule has 10 heteroatoms. The first-order chi connectivity index (χ1) is 15.3. The van der Waals surface area contributed by atoms with E-state index in [4.69, 9.17) is 4.42 Å². The van der Waals surface area contributed by atoms with Crippen LogP contribution in [0.15, 0.2) is 57.0 Å². The molecule has 0 aliphatic carbocycles. The van der Waals surface area contributed by atoms with E-state index in [1.807, 2.05) is 13.8 Å². The van der Waals surface area contributed by atoms with Crippen LogP contribution in [0.3, 0.4) is 0 Å². The van der Waals surface area contributed by atoms with E-state index in [0.717, 1.165) is 0 Å². The molecule has 4 rings (SSSR count). The van der Waals surface area contributed by atoms with Crippen LogP contribution in [-0.4, -0.2) is 68.1 Å². The minimum Gasteiger partial charge on any atom is -0.459 e. The molecule has 1 aromatic carbocycles. The Morgan fingerprint density at radius 2 is 1.78 bits per heavy atom. The minimum atomic E-state index is -3.68. The van der Waals surface area contributed by atoms with E-state index in [9.17, 15) is 18.0 Å². The third kappa shape index (κ3) is 4.14. The maximum absolute atomic E-state index is 13.4. The first-order valence-electron chi connectivity index (χ1n) is 10.6. The molecule has 2 aliphatic heterocycles. The Labute approximate surface area is 187 Å². The van der Waals surface area contributed by atoms with Crippen molar-refractivity contribution >= 4 is 27.7 Å². The lowest BCUT2D eigenvalue weighted by atomic mass is 9.97. The second-order valence-corrected chi connectivity index (χ2v) is 9.66. The second kappa shape index (κ2) is 8.78. The summed E-state index contributed by atoms with van der Waals surface area (Å²) in [7, 11) is -3.68. The predicted octanol–water partition coefficient (Wildman–Crippen LogP) is 1.72. The SMILES string of the molecule is CC[C@H](C)[C@H](N=C1NS(=O)(=O)c2ccccc21)C(=O)N1CCN(C(=O)c2ccco2)CC1. The van der Waals surface area contributed by atoms with E-state index >= 15 is 0 Å². The summed E-state index contributed by atoms with van der Waals surface area (Å²) in [6.45, 7) is 5.45. The fourth-order valence-electron chi connectivity index (χ4n) is 3.89. The number of fused-ring (bicyclic) bond motifs is 1. The number of nitrogens with one attached hydrogen (secondary N) is 1. The van der Waals surface area contributed by atoms with Crippen LogP contribution in [0.2, 0.25) is 0 Å². The van der Waals surface area contributed by atoms with Crippen LogP contribution in [0.4, 0.5) is 0 Å². The Balaban J connectivity index is 1.52. The Kier molecular flexibility index (Phi) is 6.05. The Bertz CT molecular complexity index is 1130. The summed E-state index contributed by atoms with van der Waals surface area (Å²) in [5.41, 5.74) is 0.475. The Hall–Kier alpha value is -3.14. The van der Waals surface area contributed by atoms with Gasteiger partial charge in [0.25, 0.3) is 15.9 Å². The molecule has 1 fully saturated rings. The average Bonchev–Trinajstić information content (AvgIpc) is 3.43. The van der Waals surface area contributed by atoms with Gasteiger partial charge in [-0.1, -0.05) is 32.4 Å². The number of benzene rings is 1. The molecule has 32 heavy (non-hydrogen) atoms. The van der Waals surface area contributed by atoms with Crippen molar-refractivity contribution in [1.82, 2.24) is 14.5 Å². The molecule has 2 amide bonds. The van der Waals surface area contributed by atoms with Gasteiger partial charge in [-0.3, -0.25) is 19.3 Å². The number of amides is 2. The molecular weight excluding hydrogens is 432 g/mol. The summed E-state index contributed by atoms with van der Waals surface area (Å²) in [6, 6.07) is 9.16. The molecule has 0 spiro atoms. The van der Waals surface area contributed by atoms with Crippen molar-refractivity contribution in [3.8, 4) is 0 Å². The second-order valence-electron chi connectivity index (χ2n) is 8.00. The summed E-state index contributed by atoms with van der Waals surface area (Å²) in [6.07, 6.45) is 2.16. The van der Waals surface area contributed by atoms with Gasteiger partial charge in [0.15, 0.2) is 5.76 Å². The summed E-state index contributed by atoms with van der Waals surface area (Å²) >= 11 is 0. The molecule has 0 unspecified atom stereocenters. The van der Waals surface area contributed by atoms with E-state index in [1.165, 1.54) is 12.3 Å². The number of hydrogen-bond acceptors (Lipinski definition) is 6. The molecule has 3 heterocycles. The number of hydrogen-bond donors (Lipinski definition) is 1. The van der Waals surface area contributed by atoms with E-state index < -0.39 is 16.1 Å². The lowest BCUT2D eigenvalue weighted by molar-refractivity contribution is -0.135. The number of amidine groups is 1. The Morgan fingerprint density at radius 1 is 1.09 bits per heavy atom.